The van der Waals surface area contributed by atoms with Crippen LogP contribution in [0.5, 0.6) is 0 Å². The van der Waals surface area contributed by atoms with E-state index < -0.39 is 5.91 Å². The highest BCUT2D eigenvalue weighted by Gasteiger charge is 2.48. The van der Waals surface area contributed by atoms with Crippen LogP contribution in [0.1, 0.15) is 37.0 Å². The predicted molar refractivity (Wildman–Crippen MR) is 141 cm³/mol. The first-order valence-electron chi connectivity index (χ1n) is 12.5. The normalized spacial score (nSPS) is 19.7. The van der Waals surface area contributed by atoms with Gasteiger partial charge in [0.1, 0.15) is 5.82 Å². The van der Waals surface area contributed by atoms with Gasteiger partial charge in [0.15, 0.2) is 0 Å². The lowest BCUT2D eigenvalue weighted by molar-refractivity contribution is -0.148. The SMILES string of the molecule is CCN(c1ccc(Nc2nccc(-n3cc(C(N)=O)c4ccccc43)n2)cc1)N1C(C)N2CCCC21. The average Bonchev–Trinajstić information content (AvgIpc) is 3.50. The molecule has 9 heteroatoms. The van der Waals surface area contributed by atoms with Crippen LogP contribution in [0.2, 0.25) is 0 Å². The van der Waals surface area contributed by atoms with Crippen LogP contribution in [0.15, 0.2) is 67.0 Å². The molecule has 184 valence electrons. The molecule has 2 aliphatic rings. The number of hydrazine groups is 1. The van der Waals surface area contributed by atoms with Gasteiger partial charge in [0, 0.05) is 36.6 Å². The minimum Gasteiger partial charge on any atom is -0.366 e. The summed E-state index contributed by atoms with van der Waals surface area (Å²) in [7, 11) is 0. The fourth-order valence-corrected chi connectivity index (χ4v) is 5.62. The van der Waals surface area contributed by atoms with Gasteiger partial charge in [-0.25, -0.2) is 4.98 Å². The van der Waals surface area contributed by atoms with Crippen molar-refractivity contribution in [1.82, 2.24) is 24.4 Å². The maximum atomic E-state index is 12.0. The van der Waals surface area contributed by atoms with E-state index in [0.29, 0.717) is 29.7 Å². The zero-order valence-electron chi connectivity index (χ0n) is 20.5. The first-order chi connectivity index (χ1) is 17.5. The maximum absolute atomic E-state index is 12.0. The summed E-state index contributed by atoms with van der Waals surface area (Å²) in [5.41, 5.74) is 9.01. The molecule has 1 amide bonds. The van der Waals surface area contributed by atoms with Crippen molar-refractivity contribution in [3.05, 3.63) is 72.6 Å². The Bertz CT molecular complexity index is 1420. The van der Waals surface area contributed by atoms with Gasteiger partial charge >= 0.3 is 0 Å². The van der Waals surface area contributed by atoms with Crippen LogP contribution in [-0.2, 0) is 0 Å². The van der Waals surface area contributed by atoms with Gasteiger partial charge in [-0.2, -0.15) is 9.99 Å². The number of anilines is 3. The molecule has 0 spiro atoms. The van der Waals surface area contributed by atoms with Crippen molar-refractivity contribution in [3.8, 4) is 5.82 Å². The van der Waals surface area contributed by atoms with Crippen LogP contribution >= 0.6 is 0 Å². The van der Waals surface area contributed by atoms with Gasteiger partial charge < -0.3 is 20.6 Å². The van der Waals surface area contributed by atoms with Gasteiger partial charge in [-0.05, 0) is 63.1 Å². The Morgan fingerprint density at radius 2 is 1.97 bits per heavy atom. The molecule has 2 atom stereocenters. The van der Waals surface area contributed by atoms with E-state index in [2.05, 4.69) is 63.3 Å². The molecule has 0 radical (unpaired) electrons. The first-order valence-corrected chi connectivity index (χ1v) is 12.5. The van der Waals surface area contributed by atoms with Gasteiger partial charge in [-0.3, -0.25) is 9.69 Å². The van der Waals surface area contributed by atoms with E-state index in [1.165, 1.54) is 25.1 Å². The van der Waals surface area contributed by atoms with Crippen molar-refractivity contribution in [1.29, 1.82) is 0 Å². The molecule has 2 aliphatic heterocycles. The summed E-state index contributed by atoms with van der Waals surface area (Å²) in [6, 6.07) is 17.8. The second kappa shape index (κ2) is 8.92. The molecule has 4 heterocycles. The number of hydrogen-bond donors (Lipinski definition) is 2. The number of carbonyl (C=O) groups excluding carboxylic acids is 1. The number of hydrogen-bond acceptors (Lipinski definition) is 7. The van der Waals surface area contributed by atoms with Crippen molar-refractivity contribution in [3.63, 3.8) is 0 Å². The highest BCUT2D eigenvalue weighted by molar-refractivity contribution is 6.06. The topological polar surface area (TPSA) is 95.5 Å². The lowest BCUT2D eigenvalue weighted by Gasteiger charge is -2.57. The molecule has 2 aromatic carbocycles. The lowest BCUT2D eigenvalue weighted by Crippen LogP contribution is -2.72. The van der Waals surface area contributed by atoms with E-state index >= 15 is 0 Å². The van der Waals surface area contributed by atoms with Crippen LogP contribution in [0.4, 0.5) is 17.3 Å². The number of rotatable bonds is 7. The number of nitrogens with zero attached hydrogens (tertiary/aromatic N) is 6. The molecule has 2 fully saturated rings. The summed E-state index contributed by atoms with van der Waals surface area (Å²) in [4.78, 5) is 23.6. The standard InChI is InChI=1S/C27H30N8O/c1-3-34(35-18(2)32-16-6-9-25(32)35)20-12-10-19(11-13-20)30-27-29-15-14-24(31-27)33-17-22(26(28)36)21-7-4-5-8-23(21)33/h4-5,7-8,10-15,17-18,25H,3,6,9,16H2,1-2H3,(H2,28,36)(H,29,30,31). The van der Waals surface area contributed by atoms with Crippen LogP contribution < -0.4 is 16.1 Å². The van der Waals surface area contributed by atoms with E-state index in [0.717, 1.165) is 23.1 Å². The number of nitrogens with two attached hydrogens (primary N) is 1. The minimum atomic E-state index is -0.466. The molecule has 36 heavy (non-hydrogen) atoms. The number of fused-ring (bicyclic) bond motifs is 2. The summed E-state index contributed by atoms with van der Waals surface area (Å²) in [6.45, 7) is 6.60. The van der Waals surface area contributed by atoms with Gasteiger partial charge in [0.05, 0.1) is 29.1 Å². The third-order valence-corrected chi connectivity index (χ3v) is 7.29. The number of benzene rings is 2. The van der Waals surface area contributed by atoms with Gasteiger partial charge in [0.2, 0.25) is 5.95 Å². The Morgan fingerprint density at radius 1 is 1.17 bits per heavy atom. The molecule has 6 rings (SSSR count). The fourth-order valence-electron chi connectivity index (χ4n) is 5.62. The zero-order chi connectivity index (χ0) is 24.8. The molecule has 0 aliphatic carbocycles. The Morgan fingerprint density at radius 3 is 2.75 bits per heavy atom. The monoisotopic (exact) mass is 482 g/mol. The highest BCUT2D eigenvalue weighted by Crippen LogP contribution is 2.38. The molecule has 4 aromatic rings. The first kappa shape index (κ1) is 22.5. The third-order valence-electron chi connectivity index (χ3n) is 7.29. The Labute approximate surface area is 210 Å². The van der Waals surface area contributed by atoms with Crippen molar-refractivity contribution >= 4 is 34.1 Å². The third kappa shape index (κ3) is 3.68. The number of carbonyl (C=O) groups is 1. The largest absolute Gasteiger partial charge is 0.366 e. The van der Waals surface area contributed by atoms with E-state index in [1.807, 2.05) is 34.9 Å². The molecule has 0 bridgehead atoms. The fraction of sp³-hybridized carbons (Fsp3) is 0.296. The highest BCUT2D eigenvalue weighted by atomic mass is 16.1. The van der Waals surface area contributed by atoms with Crippen LogP contribution in [0, 0.1) is 0 Å². The van der Waals surface area contributed by atoms with E-state index in [1.54, 1.807) is 12.4 Å². The average molecular weight is 483 g/mol. The summed E-state index contributed by atoms with van der Waals surface area (Å²) in [5, 5.41) is 8.99. The number of nitrogens with one attached hydrogen (secondary N) is 1. The van der Waals surface area contributed by atoms with Gasteiger partial charge in [-0.1, -0.05) is 18.2 Å². The summed E-state index contributed by atoms with van der Waals surface area (Å²) in [6.07, 6.45) is 6.89. The summed E-state index contributed by atoms with van der Waals surface area (Å²) >= 11 is 0. The minimum absolute atomic E-state index is 0.436. The maximum Gasteiger partial charge on any atom is 0.250 e. The smallest absolute Gasteiger partial charge is 0.250 e. The van der Waals surface area contributed by atoms with Crippen LogP contribution in [0.3, 0.4) is 0 Å². The zero-order valence-corrected chi connectivity index (χ0v) is 20.5. The van der Waals surface area contributed by atoms with E-state index in [4.69, 9.17) is 10.7 Å². The molecular weight excluding hydrogens is 452 g/mol. The molecule has 2 saturated heterocycles. The number of primary amides is 1. The Kier molecular flexibility index (Phi) is 5.58. The van der Waals surface area contributed by atoms with E-state index in [9.17, 15) is 4.79 Å². The van der Waals surface area contributed by atoms with E-state index in [-0.39, 0.29) is 0 Å². The van der Waals surface area contributed by atoms with Gasteiger partial charge in [0.25, 0.3) is 5.91 Å². The van der Waals surface area contributed by atoms with Gasteiger partial charge in [-0.15, -0.1) is 0 Å². The lowest BCUT2D eigenvalue weighted by atomic mass is 10.2. The second-order valence-corrected chi connectivity index (χ2v) is 9.29. The number of para-hydroxylation sites is 1. The molecular formula is C27H30N8O. The quantitative estimate of drug-likeness (QED) is 0.410. The molecule has 2 unspecified atom stereocenters. The van der Waals surface area contributed by atoms with Crippen molar-refractivity contribution in [2.75, 3.05) is 23.4 Å². The molecule has 3 N–H and O–H groups in total. The Balaban J connectivity index is 1.23. The van der Waals surface area contributed by atoms with Crippen molar-refractivity contribution in [2.24, 2.45) is 5.73 Å². The second-order valence-electron chi connectivity index (χ2n) is 9.29. The predicted octanol–water partition coefficient (Wildman–Crippen LogP) is 4.09. The van der Waals surface area contributed by atoms with Crippen LogP contribution in [-0.4, -0.2) is 55.8 Å². The summed E-state index contributed by atoms with van der Waals surface area (Å²) < 4.78 is 1.87. The van der Waals surface area contributed by atoms with Crippen molar-refractivity contribution < 1.29 is 4.79 Å². The van der Waals surface area contributed by atoms with Crippen molar-refractivity contribution in [2.45, 2.75) is 39.0 Å². The molecule has 2 aromatic heterocycles. The van der Waals surface area contributed by atoms with Crippen LogP contribution in [0.25, 0.3) is 16.7 Å². The number of amides is 1. The Hall–Kier alpha value is -3.95. The number of aromatic nitrogens is 3. The molecule has 0 saturated carbocycles. The molecule has 9 nitrogen and oxygen atoms in total. The summed E-state index contributed by atoms with van der Waals surface area (Å²) in [5.74, 6) is 0.661.